The zero-order chi connectivity index (χ0) is 13.8. The van der Waals surface area contributed by atoms with E-state index in [0.29, 0.717) is 4.99 Å². The molecule has 0 bridgehead atoms. The highest BCUT2D eigenvalue weighted by atomic mass is 32.2. The minimum absolute atomic E-state index is 0.684. The van der Waals surface area contributed by atoms with Gasteiger partial charge < -0.3 is 5.32 Å². The summed E-state index contributed by atoms with van der Waals surface area (Å²) >= 11 is 6.01. The van der Waals surface area contributed by atoms with Crippen LogP contribution in [0.25, 0.3) is 10.8 Å². The third-order valence-corrected chi connectivity index (χ3v) is 3.21. The normalized spacial score (nSPS) is 10.7. The lowest BCUT2D eigenvalue weighted by atomic mass is 10.1. The Morgan fingerprint density at radius 2 is 2.11 bits per heavy atom. The van der Waals surface area contributed by atoms with Crippen molar-refractivity contribution in [2.45, 2.75) is 18.7 Å². The van der Waals surface area contributed by atoms with Gasteiger partial charge in [-0.2, -0.15) is 0 Å². The van der Waals surface area contributed by atoms with Gasteiger partial charge in [0.15, 0.2) is 0 Å². The Morgan fingerprint density at radius 3 is 2.79 bits per heavy atom. The summed E-state index contributed by atoms with van der Waals surface area (Å²) < 4.78 is 4.47. The molecule has 0 spiro atoms. The lowest BCUT2D eigenvalue weighted by Gasteiger charge is -2.11. The number of anilines is 1. The molecule has 0 amide bonds. The maximum atomic E-state index is 8.22. The van der Waals surface area contributed by atoms with E-state index in [1.807, 2.05) is 38.1 Å². The third-order valence-electron chi connectivity index (χ3n) is 2.55. The van der Waals surface area contributed by atoms with Crippen LogP contribution in [0.3, 0.4) is 0 Å². The predicted octanol–water partition coefficient (Wildman–Crippen LogP) is 4.34. The number of nitrogens with one attached hydrogen (secondary N) is 1. The number of benzene rings is 2. The molecule has 6 heteroatoms. The summed E-state index contributed by atoms with van der Waals surface area (Å²) in [6, 6.07) is 10.0. The topological polar surface area (TPSA) is 50.7 Å². The molecule has 0 heterocycles. The number of aryl methyl sites for hydroxylation is 1. The number of rotatable bonds is 4. The molecule has 0 unspecified atom stereocenters. The second-order valence-electron chi connectivity index (χ2n) is 4.10. The van der Waals surface area contributed by atoms with Gasteiger partial charge in [-0.15, -0.1) is 4.33 Å². The van der Waals surface area contributed by atoms with Crippen molar-refractivity contribution in [3.05, 3.63) is 35.9 Å². The standard InChI is InChI=1S/C13H13NO3S2/c1-8-3-4-12-10(5-8)6-11(19-17-16-15)7-13(12)14-9(2)18/h3-7,15H,1-2H3,(H,14,18). The molecule has 0 saturated heterocycles. The van der Waals surface area contributed by atoms with Crippen LogP contribution in [0, 0.1) is 6.92 Å². The lowest BCUT2D eigenvalue weighted by Crippen LogP contribution is -2.04. The van der Waals surface area contributed by atoms with E-state index < -0.39 is 0 Å². The zero-order valence-electron chi connectivity index (χ0n) is 10.5. The van der Waals surface area contributed by atoms with Crippen molar-refractivity contribution < 1.29 is 14.6 Å². The molecule has 2 N–H and O–H groups in total. The van der Waals surface area contributed by atoms with Crippen LogP contribution in [0.2, 0.25) is 0 Å². The number of hydrogen-bond donors (Lipinski definition) is 2. The molecule has 0 saturated carbocycles. The third kappa shape index (κ3) is 3.65. The van der Waals surface area contributed by atoms with Gasteiger partial charge >= 0.3 is 0 Å². The summed E-state index contributed by atoms with van der Waals surface area (Å²) in [5.74, 6) is 0. The molecule has 4 nitrogen and oxygen atoms in total. The smallest absolute Gasteiger partial charge is 0.0765 e. The van der Waals surface area contributed by atoms with Gasteiger partial charge in [0.2, 0.25) is 0 Å². The van der Waals surface area contributed by atoms with E-state index in [2.05, 4.69) is 20.8 Å². The van der Waals surface area contributed by atoms with Crippen LogP contribution in [0.5, 0.6) is 0 Å². The fourth-order valence-electron chi connectivity index (χ4n) is 1.86. The lowest BCUT2D eigenvalue weighted by molar-refractivity contribution is -0.432. The van der Waals surface area contributed by atoms with Gasteiger partial charge in [0.1, 0.15) is 0 Å². The maximum Gasteiger partial charge on any atom is 0.0765 e. The van der Waals surface area contributed by atoms with Gasteiger partial charge in [-0.25, -0.2) is 5.26 Å². The van der Waals surface area contributed by atoms with Crippen molar-refractivity contribution in [2.75, 3.05) is 5.32 Å². The predicted molar refractivity (Wildman–Crippen MR) is 81.2 cm³/mol. The van der Waals surface area contributed by atoms with E-state index in [1.165, 1.54) is 5.56 Å². The molecule has 0 atom stereocenters. The van der Waals surface area contributed by atoms with Gasteiger partial charge in [-0.1, -0.05) is 41.0 Å². The quantitative estimate of drug-likeness (QED) is 0.379. The highest BCUT2D eigenvalue weighted by Crippen LogP contribution is 2.31. The Hall–Kier alpha value is -1.18. The van der Waals surface area contributed by atoms with Crippen LogP contribution < -0.4 is 5.32 Å². The van der Waals surface area contributed by atoms with E-state index in [4.69, 9.17) is 17.5 Å². The summed E-state index contributed by atoms with van der Waals surface area (Å²) in [6.45, 7) is 3.85. The number of thiocarbonyl (C=S) groups is 1. The molecule has 100 valence electrons. The number of hydrogen-bond acceptors (Lipinski definition) is 5. The molecule has 0 aliphatic carbocycles. The van der Waals surface area contributed by atoms with E-state index in [9.17, 15) is 0 Å². The van der Waals surface area contributed by atoms with Crippen LogP contribution in [-0.2, 0) is 9.37 Å². The molecular formula is C13H13NO3S2. The monoisotopic (exact) mass is 295 g/mol. The fraction of sp³-hybridized carbons (Fsp3) is 0.154. The Kier molecular flexibility index (Phi) is 4.73. The fourth-order valence-corrected chi connectivity index (χ4v) is 2.42. The van der Waals surface area contributed by atoms with Crippen molar-refractivity contribution >= 4 is 45.7 Å². The average molecular weight is 295 g/mol. The first-order chi connectivity index (χ1) is 9.10. The minimum Gasteiger partial charge on any atom is -0.350 e. The van der Waals surface area contributed by atoms with Crippen LogP contribution in [0.4, 0.5) is 5.69 Å². The maximum absolute atomic E-state index is 8.22. The minimum atomic E-state index is 0.684. The number of fused-ring (bicyclic) bond motifs is 1. The molecule has 19 heavy (non-hydrogen) atoms. The Labute approximate surface area is 120 Å². The summed E-state index contributed by atoms with van der Waals surface area (Å²) in [7, 11) is 0. The molecule has 2 aromatic rings. The molecule has 0 fully saturated rings. The second-order valence-corrected chi connectivity index (χ2v) is 5.49. The second kappa shape index (κ2) is 6.31. The Balaban J connectivity index is 2.51. The first-order valence-corrected chi connectivity index (χ1v) is 6.72. The first-order valence-electron chi connectivity index (χ1n) is 5.57. The summed E-state index contributed by atoms with van der Waals surface area (Å²) in [6.07, 6.45) is 0. The highest BCUT2D eigenvalue weighted by molar-refractivity contribution is 7.94. The van der Waals surface area contributed by atoms with Crippen molar-refractivity contribution in [1.82, 2.24) is 0 Å². The van der Waals surface area contributed by atoms with E-state index in [-0.39, 0.29) is 0 Å². The zero-order valence-corrected chi connectivity index (χ0v) is 12.1. The van der Waals surface area contributed by atoms with Crippen molar-refractivity contribution in [3.8, 4) is 0 Å². The van der Waals surface area contributed by atoms with Crippen LogP contribution in [0.15, 0.2) is 35.2 Å². The Morgan fingerprint density at radius 1 is 1.32 bits per heavy atom. The van der Waals surface area contributed by atoms with Crippen LogP contribution in [0.1, 0.15) is 12.5 Å². The van der Waals surface area contributed by atoms with E-state index >= 15 is 0 Å². The summed E-state index contributed by atoms with van der Waals surface area (Å²) in [5.41, 5.74) is 2.06. The summed E-state index contributed by atoms with van der Waals surface area (Å²) in [5, 5.41) is 17.1. The Bertz CT molecular complexity index is 616. The largest absolute Gasteiger partial charge is 0.350 e. The molecular weight excluding hydrogens is 282 g/mol. The molecule has 0 radical (unpaired) electrons. The SMILES string of the molecule is CC(=S)Nc1cc(SOOO)cc2cc(C)ccc12. The van der Waals surface area contributed by atoms with Crippen molar-refractivity contribution in [1.29, 1.82) is 0 Å². The first kappa shape index (κ1) is 14.2. The average Bonchev–Trinajstić information content (AvgIpc) is 2.35. The van der Waals surface area contributed by atoms with Crippen LogP contribution >= 0.6 is 24.3 Å². The van der Waals surface area contributed by atoms with Gasteiger partial charge in [0.05, 0.1) is 17.0 Å². The summed E-state index contributed by atoms with van der Waals surface area (Å²) in [4.78, 5) is 1.48. The molecule has 0 aromatic heterocycles. The van der Waals surface area contributed by atoms with Gasteiger partial charge in [0, 0.05) is 16.0 Å². The van der Waals surface area contributed by atoms with Crippen molar-refractivity contribution in [3.63, 3.8) is 0 Å². The molecule has 0 aliphatic heterocycles. The van der Waals surface area contributed by atoms with Gasteiger partial charge in [-0.05, 0) is 31.4 Å². The van der Waals surface area contributed by atoms with E-state index in [1.54, 1.807) is 0 Å². The van der Waals surface area contributed by atoms with Crippen LogP contribution in [-0.4, -0.2) is 10.2 Å². The highest BCUT2D eigenvalue weighted by Gasteiger charge is 2.06. The van der Waals surface area contributed by atoms with Gasteiger partial charge in [-0.3, -0.25) is 0 Å². The molecule has 2 rings (SSSR count). The molecule has 0 aliphatic rings. The molecule has 2 aromatic carbocycles. The van der Waals surface area contributed by atoms with Crippen molar-refractivity contribution in [2.24, 2.45) is 0 Å². The van der Waals surface area contributed by atoms with Gasteiger partial charge in [0.25, 0.3) is 0 Å². The van der Waals surface area contributed by atoms with E-state index in [0.717, 1.165) is 33.4 Å².